The van der Waals surface area contributed by atoms with Crippen LogP contribution in [-0.2, 0) is 11.2 Å². The number of nitrogens with two attached hydrogens (primary N) is 1. The molecule has 0 atom stereocenters. The molecule has 102 valence electrons. The highest BCUT2D eigenvalue weighted by Gasteiger charge is 2.12. The van der Waals surface area contributed by atoms with Crippen LogP contribution < -0.4 is 16.4 Å². The fraction of sp³-hybridized carbons (Fsp3) is 0.429. The molecule has 1 aromatic rings. The summed E-state index contributed by atoms with van der Waals surface area (Å²) in [6.07, 6.45) is 2.98. The molecule has 1 heterocycles. The Balaban J connectivity index is 1.90. The number of primary amides is 1. The standard InChI is InChI=1S/C14H19N3O2/c15-13(18)4-2-8-17-14(19)11-5-6-12-10(9-11)3-1-7-16-12/h5-6,9,16H,1-4,7-8H2,(H2,15,18)(H,17,19). The highest BCUT2D eigenvalue weighted by molar-refractivity contribution is 5.95. The lowest BCUT2D eigenvalue weighted by atomic mass is 10.0. The molecule has 0 bridgehead atoms. The largest absolute Gasteiger partial charge is 0.385 e. The maximum atomic E-state index is 11.9. The van der Waals surface area contributed by atoms with Crippen LogP contribution in [0.4, 0.5) is 5.69 Å². The van der Waals surface area contributed by atoms with E-state index in [1.807, 2.05) is 18.2 Å². The minimum Gasteiger partial charge on any atom is -0.385 e. The summed E-state index contributed by atoms with van der Waals surface area (Å²) < 4.78 is 0. The Morgan fingerprint density at radius 2 is 2.21 bits per heavy atom. The predicted molar refractivity (Wildman–Crippen MR) is 74.0 cm³/mol. The molecule has 5 heteroatoms. The van der Waals surface area contributed by atoms with Gasteiger partial charge in [-0.3, -0.25) is 9.59 Å². The number of hydrogen-bond acceptors (Lipinski definition) is 3. The predicted octanol–water partition coefficient (Wildman–Crippen LogP) is 1.04. The minimum absolute atomic E-state index is 0.0992. The number of amides is 2. The number of fused-ring (bicyclic) bond motifs is 1. The molecule has 19 heavy (non-hydrogen) atoms. The molecule has 1 aromatic carbocycles. The lowest BCUT2D eigenvalue weighted by Gasteiger charge is -2.18. The van der Waals surface area contributed by atoms with Gasteiger partial charge in [0.25, 0.3) is 5.91 Å². The van der Waals surface area contributed by atoms with Crippen molar-refractivity contribution in [2.24, 2.45) is 5.73 Å². The molecule has 0 unspecified atom stereocenters. The minimum atomic E-state index is -0.339. The number of hydrogen-bond donors (Lipinski definition) is 3. The number of rotatable bonds is 5. The number of carbonyl (C=O) groups is 2. The van der Waals surface area contributed by atoms with Crippen molar-refractivity contribution in [1.29, 1.82) is 0 Å². The SMILES string of the molecule is NC(=O)CCCNC(=O)c1ccc2c(c1)CCCN2. The van der Waals surface area contributed by atoms with Crippen LogP contribution in [-0.4, -0.2) is 24.9 Å². The summed E-state index contributed by atoms with van der Waals surface area (Å²) in [5.74, 6) is -0.438. The molecule has 0 aromatic heterocycles. The van der Waals surface area contributed by atoms with Crippen molar-refractivity contribution in [2.75, 3.05) is 18.4 Å². The third kappa shape index (κ3) is 3.71. The molecular formula is C14H19N3O2. The van der Waals surface area contributed by atoms with Crippen molar-refractivity contribution in [3.63, 3.8) is 0 Å². The molecule has 0 fully saturated rings. The summed E-state index contributed by atoms with van der Waals surface area (Å²) in [5.41, 5.74) is 8.02. The molecular weight excluding hydrogens is 242 g/mol. The van der Waals surface area contributed by atoms with Crippen molar-refractivity contribution >= 4 is 17.5 Å². The van der Waals surface area contributed by atoms with Crippen LogP contribution >= 0.6 is 0 Å². The smallest absolute Gasteiger partial charge is 0.251 e. The molecule has 2 amide bonds. The van der Waals surface area contributed by atoms with E-state index in [9.17, 15) is 9.59 Å². The molecule has 5 nitrogen and oxygen atoms in total. The fourth-order valence-corrected chi connectivity index (χ4v) is 2.18. The quantitative estimate of drug-likeness (QED) is 0.692. The summed E-state index contributed by atoms with van der Waals surface area (Å²) >= 11 is 0. The zero-order valence-corrected chi connectivity index (χ0v) is 10.9. The van der Waals surface area contributed by atoms with Crippen molar-refractivity contribution in [1.82, 2.24) is 5.32 Å². The second-order valence-electron chi connectivity index (χ2n) is 4.73. The Bertz CT molecular complexity index is 486. The van der Waals surface area contributed by atoms with Crippen molar-refractivity contribution < 1.29 is 9.59 Å². The number of aryl methyl sites for hydroxylation is 1. The zero-order valence-electron chi connectivity index (χ0n) is 10.9. The Labute approximate surface area is 112 Å². The van der Waals surface area contributed by atoms with Gasteiger partial charge in [-0.15, -0.1) is 0 Å². The fourth-order valence-electron chi connectivity index (χ4n) is 2.18. The van der Waals surface area contributed by atoms with Gasteiger partial charge in [0.05, 0.1) is 0 Å². The first-order valence-electron chi connectivity index (χ1n) is 6.60. The maximum Gasteiger partial charge on any atom is 0.251 e. The van der Waals surface area contributed by atoms with Gasteiger partial charge in [0, 0.05) is 30.8 Å². The van der Waals surface area contributed by atoms with Crippen LogP contribution in [0.1, 0.15) is 35.2 Å². The van der Waals surface area contributed by atoms with E-state index in [0.717, 1.165) is 25.1 Å². The first-order valence-corrected chi connectivity index (χ1v) is 6.60. The summed E-state index contributed by atoms with van der Waals surface area (Å²) in [6.45, 7) is 1.46. The van der Waals surface area contributed by atoms with E-state index in [2.05, 4.69) is 10.6 Å². The van der Waals surface area contributed by atoms with Crippen LogP contribution in [0, 0.1) is 0 Å². The molecule has 1 aliphatic heterocycles. The number of benzene rings is 1. The van der Waals surface area contributed by atoms with Crippen LogP contribution in [0.3, 0.4) is 0 Å². The van der Waals surface area contributed by atoms with Crippen LogP contribution in [0.15, 0.2) is 18.2 Å². The first kappa shape index (κ1) is 13.4. The average molecular weight is 261 g/mol. The van der Waals surface area contributed by atoms with E-state index in [-0.39, 0.29) is 11.8 Å². The van der Waals surface area contributed by atoms with Crippen molar-refractivity contribution in [2.45, 2.75) is 25.7 Å². The highest BCUT2D eigenvalue weighted by atomic mass is 16.2. The molecule has 0 saturated carbocycles. The third-order valence-corrected chi connectivity index (χ3v) is 3.19. The molecule has 0 radical (unpaired) electrons. The van der Waals surface area contributed by atoms with Crippen LogP contribution in [0.25, 0.3) is 0 Å². The Morgan fingerprint density at radius 3 is 3.00 bits per heavy atom. The van der Waals surface area contributed by atoms with E-state index in [0.29, 0.717) is 24.9 Å². The van der Waals surface area contributed by atoms with Gasteiger partial charge in [0.15, 0.2) is 0 Å². The van der Waals surface area contributed by atoms with Crippen molar-refractivity contribution in [3.8, 4) is 0 Å². The monoisotopic (exact) mass is 261 g/mol. The highest BCUT2D eigenvalue weighted by Crippen LogP contribution is 2.22. The van der Waals surface area contributed by atoms with Gasteiger partial charge in [-0.05, 0) is 43.0 Å². The molecule has 0 spiro atoms. The maximum absolute atomic E-state index is 11.9. The van der Waals surface area contributed by atoms with Gasteiger partial charge < -0.3 is 16.4 Å². The Kier molecular flexibility index (Phi) is 4.39. The van der Waals surface area contributed by atoms with Gasteiger partial charge in [-0.25, -0.2) is 0 Å². The van der Waals surface area contributed by atoms with Crippen LogP contribution in [0.5, 0.6) is 0 Å². The second-order valence-corrected chi connectivity index (χ2v) is 4.73. The Hall–Kier alpha value is -2.04. The zero-order chi connectivity index (χ0) is 13.7. The Morgan fingerprint density at radius 1 is 1.37 bits per heavy atom. The van der Waals surface area contributed by atoms with Gasteiger partial charge in [0.1, 0.15) is 0 Å². The number of anilines is 1. The summed E-state index contributed by atoms with van der Waals surface area (Å²) in [5, 5.41) is 6.10. The lowest BCUT2D eigenvalue weighted by Crippen LogP contribution is -2.26. The lowest BCUT2D eigenvalue weighted by molar-refractivity contribution is -0.118. The molecule has 0 saturated heterocycles. The molecule has 2 rings (SSSR count). The number of nitrogens with one attached hydrogen (secondary N) is 2. The normalized spacial score (nSPS) is 13.3. The summed E-state index contributed by atoms with van der Waals surface area (Å²) in [7, 11) is 0. The van der Waals surface area contributed by atoms with E-state index in [4.69, 9.17) is 5.73 Å². The van der Waals surface area contributed by atoms with Crippen LogP contribution in [0.2, 0.25) is 0 Å². The van der Waals surface area contributed by atoms with E-state index in [1.54, 1.807) is 0 Å². The van der Waals surface area contributed by atoms with Gasteiger partial charge in [-0.2, -0.15) is 0 Å². The molecule has 4 N–H and O–H groups in total. The number of carbonyl (C=O) groups excluding carboxylic acids is 2. The van der Waals surface area contributed by atoms with Crippen molar-refractivity contribution in [3.05, 3.63) is 29.3 Å². The van der Waals surface area contributed by atoms with E-state index in [1.165, 1.54) is 5.56 Å². The second kappa shape index (κ2) is 6.22. The average Bonchev–Trinajstić information content (AvgIpc) is 2.42. The van der Waals surface area contributed by atoms with E-state index >= 15 is 0 Å². The molecule has 1 aliphatic rings. The van der Waals surface area contributed by atoms with Gasteiger partial charge >= 0.3 is 0 Å². The van der Waals surface area contributed by atoms with Gasteiger partial charge in [0.2, 0.25) is 5.91 Å². The summed E-state index contributed by atoms with van der Waals surface area (Å²) in [4.78, 5) is 22.5. The first-order chi connectivity index (χ1) is 9.16. The van der Waals surface area contributed by atoms with Gasteiger partial charge in [-0.1, -0.05) is 0 Å². The topological polar surface area (TPSA) is 84.2 Å². The molecule has 0 aliphatic carbocycles. The summed E-state index contributed by atoms with van der Waals surface area (Å²) in [6, 6.07) is 5.71. The van der Waals surface area contributed by atoms with E-state index < -0.39 is 0 Å². The third-order valence-electron chi connectivity index (χ3n) is 3.19.